The van der Waals surface area contributed by atoms with Gasteiger partial charge in [-0.25, -0.2) is 8.42 Å². The number of para-hydroxylation sites is 2. The van der Waals surface area contributed by atoms with Gasteiger partial charge in [-0.1, -0.05) is 54.2 Å². The van der Waals surface area contributed by atoms with E-state index in [9.17, 15) is 18.0 Å². The van der Waals surface area contributed by atoms with E-state index < -0.39 is 16.1 Å². The number of carbonyl (C=O) groups is 2. The second-order valence-corrected chi connectivity index (χ2v) is 12.4. The van der Waals surface area contributed by atoms with Gasteiger partial charge >= 0.3 is 0 Å². The van der Waals surface area contributed by atoms with Crippen LogP contribution >= 0.6 is 23.2 Å². The maximum absolute atomic E-state index is 13.6. The first kappa shape index (κ1) is 31.0. The smallest absolute Gasteiger partial charge is 0.242 e. The lowest BCUT2D eigenvalue weighted by Gasteiger charge is -2.31. The Morgan fingerprint density at radius 3 is 2.33 bits per heavy atom. The van der Waals surface area contributed by atoms with Crippen LogP contribution in [0.3, 0.4) is 0 Å². The molecule has 3 rings (SSSR count). The van der Waals surface area contributed by atoms with Crippen LogP contribution < -0.4 is 14.4 Å². The minimum Gasteiger partial charge on any atom is -0.492 e. The lowest BCUT2D eigenvalue weighted by Crippen LogP contribution is -2.49. The molecule has 8 nitrogen and oxygen atoms in total. The Balaban J connectivity index is 1.78. The van der Waals surface area contributed by atoms with Crippen LogP contribution in [0.5, 0.6) is 5.75 Å². The van der Waals surface area contributed by atoms with Gasteiger partial charge in [-0.3, -0.25) is 13.9 Å². The first-order valence-electron chi connectivity index (χ1n) is 13.2. The van der Waals surface area contributed by atoms with Gasteiger partial charge in [-0.15, -0.1) is 0 Å². The third-order valence-corrected chi connectivity index (χ3v) is 8.73. The molecule has 0 spiro atoms. The van der Waals surface area contributed by atoms with Crippen molar-refractivity contribution in [2.45, 2.75) is 71.0 Å². The Hall–Kier alpha value is -2.49. The van der Waals surface area contributed by atoms with E-state index in [0.29, 0.717) is 33.7 Å². The van der Waals surface area contributed by atoms with Crippen LogP contribution in [-0.4, -0.2) is 56.6 Å². The maximum atomic E-state index is 13.6. The number of sulfonamides is 1. The van der Waals surface area contributed by atoms with Crippen molar-refractivity contribution in [1.82, 2.24) is 10.2 Å². The van der Waals surface area contributed by atoms with Crippen LogP contribution in [0.25, 0.3) is 0 Å². The highest BCUT2D eigenvalue weighted by molar-refractivity contribution is 7.92. The van der Waals surface area contributed by atoms with Crippen molar-refractivity contribution < 1.29 is 22.7 Å². The van der Waals surface area contributed by atoms with E-state index in [1.165, 1.54) is 9.21 Å². The highest BCUT2D eigenvalue weighted by atomic mass is 35.5. The molecule has 1 fully saturated rings. The molecule has 0 radical (unpaired) electrons. The number of anilines is 1. The van der Waals surface area contributed by atoms with Gasteiger partial charge in [0, 0.05) is 41.2 Å². The van der Waals surface area contributed by atoms with Crippen molar-refractivity contribution >= 4 is 50.7 Å². The summed E-state index contributed by atoms with van der Waals surface area (Å²) >= 11 is 12.8. The van der Waals surface area contributed by atoms with Gasteiger partial charge in [-0.2, -0.15) is 0 Å². The van der Waals surface area contributed by atoms with Crippen LogP contribution in [0.4, 0.5) is 5.69 Å². The molecule has 1 aliphatic rings. The Bertz CT molecular complexity index is 1230. The van der Waals surface area contributed by atoms with E-state index in [-0.39, 0.29) is 43.8 Å². The van der Waals surface area contributed by atoms with E-state index >= 15 is 0 Å². The number of benzene rings is 2. The zero-order valence-corrected chi connectivity index (χ0v) is 25.0. The molecule has 1 atom stereocenters. The van der Waals surface area contributed by atoms with Gasteiger partial charge in [0.1, 0.15) is 11.8 Å². The molecule has 0 aliphatic heterocycles. The molecule has 0 aromatic heterocycles. The molecule has 1 N–H and O–H groups in total. The van der Waals surface area contributed by atoms with E-state index in [1.807, 2.05) is 6.92 Å². The number of halogens is 2. The minimum atomic E-state index is -3.65. The molecule has 0 unspecified atom stereocenters. The summed E-state index contributed by atoms with van der Waals surface area (Å²) in [5.74, 6) is -0.0858. The summed E-state index contributed by atoms with van der Waals surface area (Å²) in [5, 5.41) is 3.87. The highest BCUT2D eigenvalue weighted by Gasteiger charge is 2.30. The first-order valence-corrected chi connectivity index (χ1v) is 15.9. The average Bonchev–Trinajstić information content (AvgIpc) is 3.39. The predicted molar refractivity (Wildman–Crippen MR) is 156 cm³/mol. The normalized spacial score (nSPS) is 14.6. The number of amides is 2. The van der Waals surface area contributed by atoms with Crippen molar-refractivity contribution in [2.75, 3.05) is 23.7 Å². The summed E-state index contributed by atoms with van der Waals surface area (Å²) in [4.78, 5) is 28.2. The Kier molecular flexibility index (Phi) is 11.3. The second kappa shape index (κ2) is 14.2. The van der Waals surface area contributed by atoms with Gasteiger partial charge in [-0.05, 0) is 57.4 Å². The second-order valence-electron chi connectivity index (χ2n) is 9.73. The summed E-state index contributed by atoms with van der Waals surface area (Å²) in [6, 6.07) is 11.3. The minimum absolute atomic E-state index is 0.0198. The molecule has 0 saturated heterocycles. The molecule has 1 aliphatic carbocycles. The van der Waals surface area contributed by atoms with Gasteiger partial charge in [0.05, 0.1) is 18.6 Å². The fourth-order valence-electron chi connectivity index (χ4n) is 4.75. The van der Waals surface area contributed by atoms with Gasteiger partial charge < -0.3 is 15.0 Å². The van der Waals surface area contributed by atoms with Gasteiger partial charge in [0.15, 0.2) is 0 Å². The third kappa shape index (κ3) is 8.50. The van der Waals surface area contributed by atoms with Crippen LogP contribution in [0.1, 0.15) is 57.9 Å². The summed E-state index contributed by atoms with van der Waals surface area (Å²) in [6.07, 6.45) is 5.36. The monoisotopic (exact) mass is 597 g/mol. The highest BCUT2D eigenvalue weighted by Crippen LogP contribution is 2.31. The van der Waals surface area contributed by atoms with Crippen LogP contribution in [0.2, 0.25) is 10.0 Å². The van der Waals surface area contributed by atoms with Crippen molar-refractivity contribution in [3.05, 3.63) is 58.1 Å². The van der Waals surface area contributed by atoms with Crippen molar-refractivity contribution in [3.63, 3.8) is 0 Å². The molecule has 214 valence electrons. The Labute approximate surface area is 241 Å². The SMILES string of the molecule is CCOc1ccccc1N(CCCC(=O)N(Cc1c(Cl)cccc1Cl)[C@@H](C)C(=O)NC1CCCC1)S(C)(=O)=O. The molecule has 1 saturated carbocycles. The standard InChI is InChI=1S/C28H37Cl2N3O5S/c1-4-38-26-16-8-7-15-25(26)33(39(3,36)37)18-10-17-27(34)32(19-22-23(29)13-9-14-24(22)30)20(2)28(35)31-21-11-5-6-12-21/h7-9,13-16,20-21H,4-6,10-12,17-19H2,1-3H3,(H,31,35)/t20-/m0/s1. The fourth-order valence-corrected chi connectivity index (χ4v) is 6.24. The zero-order valence-electron chi connectivity index (χ0n) is 22.7. The molecule has 0 heterocycles. The van der Waals surface area contributed by atoms with E-state index in [4.69, 9.17) is 27.9 Å². The lowest BCUT2D eigenvalue weighted by atomic mass is 10.1. The number of carbonyl (C=O) groups excluding carboxylic acids is 2. The molecular formula is C28H37Cl2N3O5S. The van der Waals surface area contributed by atoms with Crippen LogP contribution in [0.15, 0.2) is 42.5 Å². The Morgan fingerprint density at radius 2 is 1.72 bits per heavy atom. The van der Waals surface area contributed by atoms with E-state index in [0.717, 1.165) is 31.9 Å². The van der Waals surface area contributed by atoms with E-state index in [1.54, 1.807) is 49.4 Å². The molecule has 0 bridgehead atoms. The third-order valence-electron chi connectivity index (χ3n) is 6.84. The van der Waals surface area contributed by atoms with E-state index in [2.05, 4.69) is 5.32 Å². The van der Waals surface area contributed by atoms with Crippen molar-refractivity contribution in [3.8, 4) is 5.75 Å². The van der Waals surface area contributed by atoms with Crippen molar-refractivity contribution in [1.29, 1.82) is 0 Å². The number of hydrogen-bond acceptors (Lipinski definition) is 5. The predicted octanol–water partition coefficient (Wildman–Crippen LogP) is 5.41. The summed E-state index contributed by atoms with van der Waals surface area (Å²) in [5.41, 5.74) is 0.969. The molecular weight excluding hydrogens is 561 g/mol. The van der Waals surface area contributed by atoms with Crippen LogP contribution in [-0.2, 0) is 26.2 Å². The quantitative estimate of drug-likeness (QED) is 0.333. The van der Waals surface area contributed by atoms with Gasteiger partial charge in [0.25, 0.3) is 0 Å². The Morgan fingerprint density at radius 1 is 1.08 bits per heavy atom. The average molecular weight is 599 g/mol. The molecule has 39 heavy (non-hydrogen) atoms. The molecule has 2 aromatic carbocycles. The number of hydrogen-bond donors (Lipinski definition) is 1. The fraction of sp³-hybridized carbons (Fsp3) is 0.500. The molecule has 11 heteroatoms. The largest absolute Gasteiger partial charge is 0.492 e. The van der Waals surface area contributed by atoms with Gasteiger partial charge in [0.2, 0.25) is 21.8 Å². The number of ether oxygens (including phenoxy) is 1. The zero-order chi connectivity index (χ0) is 28.6. The van der Waals surface area contributed by atoms with Crippen molar-refractivity contribution in [2.24, 2.45) is 0 Å². The topological polar surface area (TPSA) is 96.0 Å². The maximum Gasteiger partial charge on any atom is 0.242 e. The summed E-state index contributed by atoms with van der Waals surface area (Å²) < 4.78 is 32.2. The number of rotatable bonds is 13. The van der Waals surface area contributed by atoms with Crippen LogP contribution in [0, 0.1) is 0 Å². The first-order chi connectivity index (χ1) is 18.5. The lowest BCUT2D eigenvalue weighted by molar-refractivity contribution is -0.140. The summed E-state index contributed by atoms with van der Waals surface area (Å²) in [6.45, 7) is 4.02. The summed E-state index contributed by atoms with van der Waals surface area (Å²) in [7, 11) is -3.65. The molecule has 2 aromatic rings. The number of nitrogens with one attached hydrogen (secondary N) is 1. The number of nitrogens with zero attached hydrogens (tertiary/aromatic N) is 2. The molecule has 2 amide bonds.